The summed E-state index contributed by atoms with van der Waals surface area (Å²) in [5, 5.41) is 0. The van der Waals surface area contributed by atoms with Crippen LogP contribution in [0.25, 0.3) is 0 Å². The Morgan fingerprint density at radius 3 is 2.60 bits per heavy atom. The molecule has 1 atom stereocenters. The van der Waals surface area contributed by atoms with Crippen molar-refractivity contribution in [1.82, 2.24) is 14.7 Å². The topological polar surface area (TPSA) is 60.9 Å². The fraction of sp³-hybridized carbons (Fsp3) is 0.500. The van der Waals surface area contributed by atoms with Gasteiger partial charge in [0.2, 0.25) is 11.8 Å². The number of carbonyl (C=O) groups is 3. The van der Waals surface area contributed by atoms with E-state index < -0.39 is 0 Å². The summed E-state index contributed by atoms with van der Waals surface area (Å²) in [6.45, 7) is 1.06. The lowest BCUT2D eigenvalue weighted by atomic mass is 10.0. The molecule has 0 N–H and O–H groups in total. The lowest BCUT2D eigenvalue weighted by Gasteiger charge is -2.25. The number of halogens is 1. The number of imide groups is 1. The maximum Gasteiger partial charge on any atom is 0.326 e. The molecule has 0 aromatic heterocycles. The Bertz CT molecular complexity index is 677. The van der Waals surface area contributed by atoms with Crippen molar-refractivity contribution in [3.05, 3.63) is 35.6 Å². The zero-order valence-corrected chi connectivity index (χ0v) is 14.3. The Hall–Kier alpha value is -2.44. The van der Waals surface area contributed by atoms with Crippen LogP contribution in [0.15, 0.2) is 24.3 Å². The highest BCUT2D eigenvalue weighted by atomic mass is 19.1. The lowest BCUT2D eigenvalue weighted by Crippen LogP contribution is -2.34. The van der Waals surface area contributed by atoms with Crippen LogP contribution in [0.3, 0.4) is 0 Å². The van der Waals surface area contributed by atoms with Crippen molar-refractivity contribution in [2.24, 2.45) is 0 Å². The first kappa shape index (κ1) is 17.4. The Kier molecular flexibility index (Phi) is 5.01. The molecular weight excluding hydrogens is 325 g/mol. The Balaban J connectivity index is 1.55. The van der Waals surface area contributed by atoms with E-state index in [0.29, 0.717) is 19.4 Å². The second-order valence-corrected chi connectivity index (χ2v) is 6.58. The number of likely N-dealkylation sites (tertiary alicyclic amines) is 1. The summed E-state index contributed by atoms with van der Waals surface area (Å²) in [5.74, 6) is -0.492. The molecule has 0 spiro atoms. The minimum Gasteiger partial charge on any atom is -0.336 e. The van der Waals surface area contributed by atoms with Crippen LogP contribution in [-0.4, -0.2) is 59.2 Å². The first-order valence-corrected chi connectivity index (χ1v) is 8.58. The fourth-order valence-electron chi connectivity index (χ4n) is 3.52. The number of benzene rings is 1. The fourth-order valence-corrected chi connectivity index (χ4v) is 3.52. The van der Waals surface area contributed by atoms with Gasteiger partial charge in [-0.25, -0.2) is 9.18 Å². The first-order chi connectivity index (χ1) is 12.0. The van der Waals surface area contributed by atoms with Gasteiger partial charge in [0.15, 0.2) is 0 Å². The molecular formula is C18H22FN3O3. The number of amides is 4. The highest BCUT2D eigenvalue weighted by molar-refractivity contribution is 6.01. The van der Waals surface area contributed by atoms with Gasteiger partial charge < -0.3 is 9.80 Å². The highest BCUT2D eigenvalue weighted by Gasteiger charge is 2.34. The van der Waals surface area contributed by atoms with Crippen molar-refractivity contribution in [1.29, 1.82) is 0 Å². The maximum atomic E-state index is 13.1. The predicted octanol–water partition coefficient (Wildman–Crippen LogP) is 2.16. The summed E-state index contributed by atoms with van der Waals surface area (Å²) in [6, 6.07) is 5.96. The molecule has 7 heteroatoms. The van der Waals surface area contributed by atoms with Crippen LogP contribution in [0, 0.1) is 5.82 Å². The molecule has 134 valence electrons. The van der Waals surface area contributed by atoms with Gasteiger partial charge in [0.25, 0.3) is 0 Å². The summed E-state index contributed by atoms with van der Waals surface area (Å²) in [4.78, 5) is 40.5. The second kappa shape index (κ2) is 7.21. The lowest BCUT2D eigenvalue weighted by molar-refractivity contribution is -0.133. The van der Waals surface area contributed by atoms with Gasteiger partial charge in [-0.3, -0.25) is 14.5 Å². The number of hydrogen-bond donors (Lipinski definition) is 0. The van der Waals surface area contributed by atoms with Gasteiger partial charge in [-0.05, 0) is 37.0 Å². The monoisotopic (exact) mass is 347 g/mol. The smallest absolute Gasteiger partial charge is 0.326 e. The molecule has 2 aliphatic rings. The van der Waals surface area contributed by atoms with E-state index in [1.54, 1.807) is 19.2 Å². The molecule has 0 aliphatic carbocycles. The van der Waals surface area contributed by atoms with Crippen molar-refractivity contribution in [3.63, 3.8) is 0 Å². The molecule has 2 heterocycles. The summed E-state index contributed by atoms with van der Waals surface area (Å²) in [5.41, 5.74) is 0.943. The molecule has 1 unspecified atom stereocenters. The summed E-state index contributed by atoms with van der Waals surface area (Å²) in [7, 11) is 1.59. The normalized spacial score (nSPS) is 20.7. The molecule has 1 aromatic rings. The van der Waals surface area contributed by atoms with Crippen LogP contribution in [0.4, 0.5) is 9.18 Å². The van der Waals surface area contributed by atoms with Gasteiger partial charge in [0, 0.05) is 26.6 Å². The van der Waals surface area contributed by atoms with Crippen LogP contribution >= 0.6 is 0 Å². The molecule has 1 aromatic carbocycles. The minimum absolute atomic E-state index is 0.0132. The van der Waals surface area contributed by atoms with E-state index in [-0.39, 0.29) is 42.8 Å². The molecule has 0 bridgehead atoms. The molecule has 2 fully saturated rings. The van der Waals surface area contributed by atoms with E-state index in [0.717, 1.165) is 18.4 Å². The minimum atomic E-state index is -0.303. The second-order valence-electron chi connectivity index (χ2n) is 6.58. The third-order valence-electron chi connectivity index (χ3n) is 4.83. The SMILES string of the molecule is CN1CC(=O)N(CCCC(=O)N2CCCC2c2ccc(F)cc2)C1=O. The summed E-state index contributed by atoms with van der Waals surface area (Å²) in [6.07, 6.45) is 2.53. The van der Waals surface area contributed by atoms with Gasteiger partial charge in [0.1, 0.15) is 12.4 Å². The van der Waals surface area contributed by atoms with E-state index in [2.05, 4.69) is 0 Å². The Morgan fingerprint density at radius 2 is 1.96 bits per heavy atom. The number of nitrogens with zero attached hydrogens (tertiary/aromatic N) is 3. The molecule has 0 radical (unpaired) electrons. The molecule has 25 heavy (non-hydrogen) atoms. The molecule has 2 aliphatic heterocycles. The first-order valence-electron chi connectivity index (χ1n) is 8.58. The number of likely N-dealkylation sites (N-methyl/N-ethyl adjacent to an activating group) is 1. The van der Waals surface area contributed by atoms with Gasteiger partial charge in [-0.15, -0.1) is 0 Å². The largest absolute Gasteiger partial charge is 0.336 e. The summed E-state index contributed by atoms with van der Waals surface area (Å²) < 4.78 is 13.1. The molecule has 0 saturated carbocycles. The van der Waals surface area contributed by atoms with Gasteiger partial charge in [0.05, 0.1) is 6.04 Å². The van der Waals surface area contributed by atoms with Crippen molar-refractivity contribution >= 4 is 17.8 Å². The van der Waals surface area contributed by atoms with E-state index in [1.807, 2.05) is 4.90 Å². The van der Waals surface area contributed by atoms with Crippen LogP contribution in [0.5, 0.6) is 0 Å². The number of carbonyl (C=O) groups excluding carboxylic acids is 3. The van der Waals surface area contributed by atoms with E-state index in [9.17, 15) is 18.8 Å². The predicted molar refractivity (Wildman–Crippen MR) is 89.1 cm³/mol. The average molecular weight is 347 g/mol. The number of hydrogen-bond acceptors (Lipinski definition) is 3. The average Bonchev–Trinajstić information content (AvgIpc) is 3.16. The molecule has 6 nitrogen and oxygen atoms in total. The molecule has 2 saturated heterocycles. The van der Waals surface area contributed by atoms with Crippen molar-refractivity contribution in [2.75, 3.05) is 26.7 Å². The van der Waals surface area contributed by atoms with Crippen LogP contribution in [0.2, 0.25) is 0 Å². The van der Waals surface area contributed by atoms with E-state index in [1.165, 1.54) is 21.9 Å². The van der Waals surface area contributed by atoms with Crippen molar-refractivity contribution in [3.8, 4) is 0 Å². The molecule has 3 rings (SSSR count). The number of urea groups is 1. The van der Waals surface area contributed by atoms with E-state index >= 15 is 0 Å². The standard InChI is InChI=1S/C18H22FN3O3/c1-20-12-17(24)22(18(20)25)11-3-5-16(23)21-10-2-4-15(21)13-6-8-14(19)9-7-13/h6-9,15H,2-5,10-12H2,1H3. The van der Waals surface area contributed by atoms with Crippen molar-refractivity contribution < 1.29 is 18.8 Å². The van der Waals surface area contributed by atoms with Gasteiger partial charge >= 0.3 is 6.03 Å². The Labute approximate surface area is 146 Å². The molecule has 4 amide bonds. The van der Waals surface area contributed by atoms with Gasteiger partial charge in [-0.1, -0.05) is 12.1 Å². The summed E-state index contributed by atoms with van der Waals surface area (Å²) >= 11 is 0. The van der Waals surface area contributed by atoms with Crippen LogP contribution in [0.1, 0.15) is 37.3 Å². The Morgan fingerprint density at radius 1 is 1.24 bits per heavy atom. The quantitative estimate of drug-likeness (QED) is 0.767. The van der Waals surface area contributed by atoms with E-state index in [4.69, 9.17) is 0 Å². The zero-order valence-electron chi connectivity index (χ0n) is 14.3. The third-order valence-corrected chi connectivity index (χ3v) is 4.83. The van der Waals surface area contributed by atoms with Crippen LogP contribution < -0.4 is 0 Å². The van der Waals surface area contributed by atoms with Crippen LogP contribution in [-0.2, 0) is 9.59 Å². The zero-order chi connectivity index (χ0) is 18.0. The maximum absolute atomic E-state index is 13.1. The third kappa shape index (κ3) is 3.65. The van der Waals surface area contributed by atoms with Gasteiger partial charge in [-0.2, -0.15) is 0 Å². The highest BCUT2D eigenvalue weighted by Crippen LogP contribution is 2.32. The number of rotatable bonds is 5. The van der Waals surface area contributed by atoms with Crippen molar-refractivity contribution in [2.45, 2.75) is 31.7 Å².